The molecule has 0 saturated carbocycles. The van der Waals surface area contributed by atoms with Gasteiger partial charge in [0, 0.05) is 0 Å². The van der Waals surface area contributed by atoms with Gasteiger partial charge in [0.2, 0.25) is 0 Å². The molecule has 0 aliphatic carbocycles. The van der Waals surface area contributed by atoms with E-state index in [1.54, 1.807) is 0 Å². The van der Waals surface area contributed by atoms with Crippen LogP contribution in [0.5, 0.6) is 0 Å². The van der Waals surface area contributed by atoms with Crippen LogP contribution in [-0.2, 0) is 13.8 Å². The van der Waals surface area contributed by atoms with Crippen molar-refractivity contribution in [1.82, 2.24) is 19.5 Å². The molecule has 1 fully saturated rings. The third kappa shape index (κ3) is 3.05. The van der Waals surface area contributed by atoms with Gasteiger partial charge in [-0.1, -0.05) is 0 Å². The number of anilines is 1. The predicted octanol–water partition coefficient (Wildman–Crippen LogP) is -3.13. The van der Waals surface area contributed by atoms with Gasteiger partial charge >= 0.3 is 0 Å². The monoisotopic (exact) mass is 345 g/mol. The van der Waals surface area contributed by atoms with Gasteiger partial charge in [-0.25, -0.2) is 15.0 Å². The summed E-state index contributed by atoms with van der Waals surface area (Å²) in [6, 6.07) is 0. The number of ether oxygens (including phenoxy) is 1. The quantitative estimate of drug-likeness (QED) is 0.474. The van der Waals surface area contributed by atoms with E-state index in [0.717, 1.165) is 0 Å². The molecule has 1 aliphatic heterocycles. The van der Waals surface area contributed by atoms with Crippen LogP contribution in [0.2, 0.25) is 0 Å². The van der Waals surface area contributed by atoms with E-state index < -0.39 is 39.0 Å². The van der Waals surface area contributed by atoms with Crippen molar-refractivity contribution < 1.29 is 33.8 Å². The SMILES string of the molecule is Nc1ncnc2c1ncn2[C@@H]1O[C@H](COP(=O)([O-])[O-])C(O)C1O. The molecule has 4 atom stereocenters. The molecular weight excluding hydrogens is 333 g/mol. The number of hydrogen-bond acceptors (Lipinski definition) is 11. The molecule has 12 nitrogen and oxygen atoms in total. The molecule has 0 spiro atoms. The first kappa shape index (κ1) is 16.2. The number of fused-ring (bicyclic) bond motifs is 1. The Morgan fingerprint density at radius 3 is 2.78 bits per heavy atom. The van der Waals surface area contributed by atoms with Gasteiger partial charge in [-0.3, -0.25) is 4.57 Å². The molecule has 0 bridgehead atoms. The van der Waals surface area contributed by atoms with Crippen molar-refractivity contribution in [1.29, 1.82) is 0 Å². The van der Waals surface area contributed by atoms with E-state index in [0.29, 0.717) is 0 Å². The molecule has 13 heteroatoms. The van der Waals surface area contributed by atoms with Gasteiger partial charge in [-0.15, -0.1) is 0 Å². The van der Waals surface area contributed by atoms with Crippen LogP contribution in [0.3, 0.4) is 0 Å². The number of hydrogen-bond donors (Lipinski definition) is 3. The predicted molar refractivity (Wildman–Crippen MR) is 69.2 cm³/mol. The van der Waals surface area contributed by atoms with Crippen molar-refractivity contribution in [3.63, 3.8) is 0 Å². The summed E-state index contributed by atoms with van der Waals surface area (Å²) in [5.74, 6) is 0.125. The van der Waals surface area contributed by atoms with Gasteiger partial charge in [0.1, 0.15) is 30.2 Å². The fourth-order valence-electron chi connectivity index (χ4n) is 2.32. The molecule has 2 unspecified atom stereocenters. The lowest BCUT2D eigenvalue weighted by Crippen LogP contribution is -2.34. The van der Waals surface area contributed by atoms with Crippen LogP contribution in [-0.4, -0.2) is 54.7 Å². The van der Waals surface area contributed by atoms with E-state index >= 15 is 0 Å². The summed E-state index contributed by atoms with van der Waals surface area (Å²) in [7, 11) is -5.22. The number of nitrogens with two attached hydrogens (primary N) is 1. The second-order valence-electron chi connectivity index (χ2n) is 4.87. The minimum Gasteiger partial charge on any atom is -0.790 e. The number of aliphatic hydroxyl groups excluding tert-OH is 2. The molecule has 1 saturated heterocycles. The van der Waals surface area contributed by atoms with E-state index in [4.69, 9.17) is 10.5 Å². The number of aliphatic hydroxyl groups is 2. The summed E-state index contributed by atoms with van der Waals surface area (Å²) in [4.78, 5) is 32.8. The van der Waals surface area contributed by atoms with Gasteiger partial charge in [0.05, 0.1) is 20.8 Å². The summed E-state index contributed by atoms with van der Waals surface area (Å²) in [6.07, 6.45) is -2.75. The zero-order valence-electron chi connectivity index (χ0n) is 11.4. The lowest BCUT2D eigenvalue weighted by Gasteiger charge is -2.30. The number of nitrogens with zero attached hydrogens (tertiary/aromatic N) is 4. The number of phosphoric acid groups is 1. The third-order valence-electron chi connectivity index (χ3n) is 3.40. The summed E-state index contributed by atoms with van der Waals surface area (Å²) in [5.41, 5.74) is 6.19. The van der Waals surface area contributed by atoms with Gasteiger partial charge < -0.3 is 39.6 Å². The van der Waals surface area contributed by atoms with Gasteiger partial charge in [0.25, 0.3) is 0 Å². The molecule has 3 heterocycles. The van der Waals surface area contributed by atoms with Crippen LogP contribution in [0.25, 0.3) is 11.2 Å². The van der Waals surface area contributed by atoms with Crippen LogP contribution in [0.4, 0.5) is 5.82 Å². The average Bonchev–Trinajstić information content (AvgIpc) is 3.01. The Morgan fingerprint density at radius 1 is 1.35 bits per heavy atom. The number of phosphoric ester groups is 1. The van der Waals surface area contributed by atoms with Crippen LogP contribution in [0.1, 0.15) is 6.23 Å². The molecule has 0 aromatic carbocycles. The van der Waals surface area contributed by atoms with Crippen LogP contribution < -0.4 is 15.5 Å². The molecule has 126 valence electrons. The molecule has 2 aromatic rings. The first-order valence-electron chi connectivity index (χ1n) is 6.39. The largest absolute Gasteiger partial charge is 0.790 e. The van der Waals surface area contributed by atoms with E-state index in [1.807, 2.05) is 0 Å². The summed E-state index contributed by atoms with van der Waals surface area (Å²) in [6.45, 7) is -0.719. The highest BCUT2D eigenvalue weighted by atomic mass is 31.2. The first-order valence-corrected chi connectivity index (χ1v) is 7.85. The maximum absolute atomic E-state index is 10.5. The first-order chi connectivity index (χ1) is 10.8. The van der Waals surface area contributed by atoms with Gasteiger partial charge in [-0.05, 0) is 0 Å². The maximum Gasteiger partial charge on any atom is 0.167 e. The average molecular weight is 345 g/mol. The minimum absolute atomic E-state index is 0.125. The smallest absolute Gasteiger partial charge is 0.167 e. The van der Waals surface area contributed by atoms with E-state index in [1.165, 1.54) is 17.2 Å². The van der Waals surface area contributed by atoms with Crippen molar-refractivity contribution in [3.8, 4) is 0 Å². The van der Waals surface area contributed by atoms with E-state index in [9.17, 15) is 24.6 Å². The fraction of sp³-hybridized carbons (Fsp3) is 0.500. The van der Waals surface area contributed by atoms with E-state index in [-0.39, 0.29) is 17.0 Å². The van der Waals surface area contributed by atoms with E-state index in [2.05, 4.69) is 19.5 Å². The number of rotatable bonds is 4. The highest BCUT2D eigenvalue weighted by molar-refractivity contribution is 7.43. The Labute approximate surface area is 128 Å². The summed E-state index contributed by atoms with van der Waals surface area (Å²) >= 11 is 0. The minimum atomic E-state index is -5.22. The van der Waals surface area contributed by atoms with Crippen molar-refractivity contribution in [3.05, 3.63) is 12.7 Å². The summed E-state index contributed by atoms with van der Waals surface area (Å²) in [5, 5.41) is 20.0. The standard InChI is InChI=1S/C10H14N5O7P/c11-8-5-9(13-2-12-8)15(3-14-5)10-7(17)6(16)4(22-10)1-21-23(18,19)20/h2-4,6-7,10,16-17H,1H2,(H2,11,12,13)(H2,18,19,20)/p-2/t4-,6?,7?,10-/m1/s1. The third-order valence-corrected chi connectivity index (χ3v) is 3.86. The maximum atomic E-state index is 10.5. The van der Waals surface area contributed by atoms with Crippen molar-refractivity contribution in [2.45, 2.75) is 24.5 Å². The number of nitrogen functional groups attached to an aromatic ring is 1. The number of aromatic nitrogens is 4. The highest BCUT2D eigenvalue weighted by Crippen LogP contribution is 2.34. The van der Waals surface area contributed by atoms with Crippen molar-refractivity contribution in [2.75, 3.05) is 12.3 Å². The molecule has 3 rings (SSSR count). The second kappa shape index (κ2) is 5.76. The van der Waals surface area contributed by atoms with Crippen LogP contribution in [0.15, 0.2) is 12.7 Å². The summed E-state index contributed by atoms with van der Waals surface area (Å²) < 4.78 is 21.3. The van der Waals surface area contributed by atoms with Crippen LogP contribution >= 0.6 is 7.82 Å². The van der Waals surface area contributed by atoms with Crippen molar-refractivity contribution >= 4 is 24.8 Å². The highest BCUT2D eigenvalue weighted by Gasteiger charge is 2.44. The zero-order chi connectivity index (χ0) is 16.8. The molecule has 1 aliphatic rings. The molecule has 2 aromatic heterocycles. The fourth-order valence-corrected chi connectivity index (χ4v) is 2.65. The Hall–Kier alpha value is -1.66. The van der Waals surface area contributed by atoms with Crippen molar-refractivity contribution in [2.24, 2.45) is 0 Å². The molecule has 0 amide bonds. The number of imidazole rings is 1. The Kier molecular flexibility index (Phi) is 4.06. The molecule has 4 N–H and O–H groups in total. The Balaban J connectivity index is 1.85. The lowest BCUT2D eigenvalue weighted by molar-refractivity contribution is -0.343. The topological polar surface area (TPSA) is 192 Å². The lowest BCUT2D eigenvalue weighted by atomic mass is 10.1. The molecule has 23 heavy (non-hydrogen) atoms. The van der Waals surface area contributed by atoms with Gasteiger partial charge in [0.15, 0.2) is 17.7 Å². The Morgan fingerprint density at radius 2 is 2.09 bits per heavy atom. The molecular formula is C10H12N5O7P-2. The van der Waals surface area contributed by atoms with Crippen LogP contribution in [0, 0.1) is 0 Å². The van der Waals surface area contributed by atoms with Gasteiger partial charge in [-0.2, -0.15) is 0 Å². The molecule has 0 radical (unpaired) electrons. The zero-order valence-corrected chi connectivity index (χ0v) is 12.3. The normalized spacial score (nSPS) is 28.5. The second-order valence-corrected chi connectivity index (χ2v) is 6.02. The Bertz CT molecular complexity index is 763.